The Bertz CT molecular complexity index is 1300. The second-order valence-electron chi connectivity index (χ2n) is 9.43. The number of benzene rings is 3. The number of furan rings is 1. The molecule has 192 valence electrons. The van der Waals surface area contributed by atoms with Crippen LogP contribution in [0, 0.1) is 17.5 Å². The van der Waals surface area contributed by atoms with Crippen LogP contribution in [0.3, 0.4) is 0 Å². The van der Waals surface area contributed by atoms with E-state index < -0.39 is 17.2 Å². The van der Waals surface area contributed by atoms with Gasteiger partial charge in [0.1, 0.15) is 29.0 Å². The van der Waals surface area contributed by atoms with Gasteiger partial charge in [-0.05, 0) is 78.1 Å². The number of hydrogen-bond acceptors (Lipinski definition) is 4. The molecule has 0 radical (unpaired) electrons. The summed E-state index contributed by atoms with van der Waals surface area (Å²) in [5.41, 5.74) is -0.657. The molecule has 0 bridgehead atoms. The lowest BCUT2D eigenvalue weighted by Crippen LogP contribution is -2.31. The molecular formula is C30H28F3NO3. The zero-order valence-corrected chi connectivity index (χ0v) is 20.2. The zero-order chi connectivity index (χ0) is 25.8. The second-order valence-corrected chi connectivity index (χ2v) is 9.43. The van der Waals surface area contributed by atoms with Gasteiger partial charge in [-0.1, -0.05) is 36.4 Å². The summed E-state index contributed by atoms with van der Waals surface area (Å²) in [6, 6.07) is 20.9. The molecule has 0 spiro atoms. The lowest BCUT2D eigenvalue weighted by atomic mass is 9.84. The van der Waals surface area contributed by atoms with Crippen LogP contribution in [0.5, 0.6) is 0 Å². The maximum atomic E-state index is 14.2. The van der Waals surface area contributed by atoms with Crippen molar-refractivity contribution in [3.8, 4) is 0 Å². The van der Waals surface area contributed by atoms with Crippen LogP contribution in [-0.4, -0.2) is 29.3 Å². The first-order chi connectivity index (χ1) is 17.9. The van der Waals surface area contributed by atoms with E-state index in [1.54, 1.807) is 30.3 Å². The monoisotopic (exact) mass is 507 g/mol. The van der Waals surface area contributed by atoms with Gasteiger partial charge < -0.3 is 14.3 Å². The molecule has 1 fully saturated rings. The van der Waals surface area contributed by atoms with E-state index in [1.165, 1.54) is 48.5 Å². The van der Waals surface area contributed by atoms with Crippen LogP contribution >= 0.6 is 0 Å². The molecule has 5 rings (SSSR count). The van der Waals surface area contributed by atoms with Gasteiger partial charge in [0.15, 0.2) is 5.60 Å². The van der Waals surface area contributed by atoms with Crippen molar-refractivity contribution in [2.24, 2.45) is 0 Å². The van der Waals surface area contributed by atoms with E-state index >= 15 is 0 Å². The maximum absolute atomic E-state index is 14.2. The Balaban J connectivity index is 1.46. The molecular weight excluding hydrogens is 479 g/mol. The minimum absolute atomic E-state index is 0.0690. The van der Waals surface area contributed by atoms with Gasteiger partial charge in [-0.2, -0.15) is 0 Å². The standard InChI is InChI=1S/C30H28F3NO3/c31-24-8-1-5-21(15-24)18-34(19-27-11-4-14-36-27)20-28-12-13-29(37-28)30(35,22-6-2-9-25(32)16-22)23-7-3-10-26(33)17-23/h1-3,5-10,12-13,15-17,27,35H,4,11,14,18-20H2/t27-/m1/s1. The number of halogens is 3. The lowest BCUT2D eigenvalue weighted by Gasteiger charge is -2.28. The molecule has 0 aliphatic carbocycles. The summed E-state index contributed by atoms with van der Waals surface area (Å²) in [6.07, 6.45) is 2.01. The van der Waals surface area contributed by atoms with Crippen molar-refractivity contribution in [2.45, 2.75) is 37.6 Å². The molecule has 2 heterocycles. The van der Waals surface area contributed by atoms with Crippen LogP contribution in [0.1, 0.15) is 41.1 Å². The van der Waals surface area contributed by atoms with Crippen molar-refractivity contribution >= 4 is 0 Å². The fraction of sp³-hybridized carbons (Fsp3) is 0.267. The average molecular weight is 508 g/mol. The topological polar surface area (TPSA) is 45.8 Å². The van der Waals surface area contributed by atoms with Crippen LogP contribution in [-0.2, 0) is 23.4 Å². The summed E-state index contributed by atoms with van der Waals surface area (Å²) in [7, 11) is 0. The average Bonchev–Trinajstić information content (AvgIpc) is 3.56. The summed E-state index contributed by atoms with van der Waals surface area (Å²) in [5.74, 6) is -0.670. The minimum atomic E-state index is -1.91. The Hall–Kier alpha value is -3.39. The Morgan fingerprint density at radius 2 is 1.46 bits per heavy atom. The number of nitrogens with zero attached hydrogens (tertiary/aromatic N) is 1. The van der Waals surface area contributed by atoms with E-state index in [9.17, 15) is 18.3 Å². The molecule has 0 unspecified atom stereocenters. The maximum Gasteiger partial charge on any atom is 0.173 e. The lowest BCUT2D eigenvalue weighted by molar-refractivity contribution is 0.0629. The largest absolute Gasteiger partial charge is 0.461 e. The number of hydrogen-bond donors (Lipinski definition) is 1. The van der Waals surface area contributed by atoms with Gasteiger partial charge in [0.05, 0.1) is 12.6 Å². The molecule has 1 saturated heterocycles. The molecule has 7 heteroatoms. The minimum Gasteiger partial charge on any atom is -0.461 e. The van der Waals surface area contributed by atoms with Gasteiger partial charge >= 0.3 is 0 Å². The highest BCUT2D eigenvalue weighted by atomic mass is 19.1. The van der Waals surface area contributed by atoms with Gasteiger partial charge in [0, 0.05) is 19.7 Å². The fourth-order valence-corrected chi connectivity index (χ4v) is 4.91. The van der Waals surface area contributed by atoms with Gasteiger partial charge in [-0.15, -0.1) is 0 Å². The van der Waals surface area contributed by atoms with Crippen molar-refractivity contribution in [1.29, 1.82) is 0 Å². The van der Waals surface area contributed by atoms with Crippen molar-refractivity contribution in [2.75, 3.05) is 13.2 Å². The Kier molecular flexibility index (Phi) is 7.46. The van der Waals surface area contributed by atoms with E-state index in [0.717, 1.165) is 25.0 Å². The van der Waals surface area contributed by atoms with Crippen LogP contribution < -0.4 is 0 Å². The zero-order valence-electron chi connectivity index (χ0n) is 20.2. The quantitative estimate of drug-likeness (QED) is 0.295. The molecule has 1 aliphatic heterocycles. The Morgan fingerprint density at radius 1 is 0.811 bits per heavy atom. The smallest absolute Gasteiger partial charge is 0.173 e. The van der Waals surface area contributed by atoms with Crippen LogP contribution in [0.15, 0.2) is 89.3 Å². The predicted molar refractivity (Wildman–Crippen MR) is 133 cm³/mol. The van der Waals surface area contributed by atoms with Crippen molar-refractivity contribution in [3.63, 3.8) is 0 Å². The first kappa shape index (κ1) is 25.3. The van der Waals surface area contributed by atoms with E-state index in [4.69, 9.17) is 9.15 Å². The highest BCUT2D eigenvalue weighted by Gasteiger charge is 2.38. The summed E-state index contributed by atoms with van der Waals surface area (Å²) in [6.45, 7) is 2.20. The molecule has 0 saturated carbocycles. The summed E-state index contributed by atoms with van der Waals surface area (Å²) < 4.78 is 54.1. The SMILES string of the molecule is OC(c1cccc(F)c1)(c1cccc(F)c1)c1ccc(CN(Cc2cccc(F)c2)C[C@H]2CCCO2)o1. The van der Waals surface area contributed by atoms with E-state index in [0.29, 0.717) is 25.4 Å². The predicted octanol–water partition coefficient (Wildman–Crippen LogP) is 6.16. The van der Waals surface area contributed by atoms with Gasteiger partial charge in [-0.3, -0.25) is 4.90 Å². The van der Waals surface area contributed by atoms with Crippen molar-refractivity contribution in [1.82, 2.24) is 4.90 Å². The number of rotatable bonds is 9. The molecule has 1 atom stereocenters. The van der Waals surface area contributed by atoms with E-state index in [-0.39, 0.29) is 28.8 Å². The first-order valence-electron chi connectivity index (χ1n) is 12.3. The Labute approximate surface area is 213 Å². The number of ether oxygens (including phenoxy) is 1. The third-order valence-electron chi connectivity index (χ3n) is 6.66. The molecule has 1 N–H and O–H groups in total. The van der Waals surface area contributed by atoms with Crippen LogP contribution in [0.2, 0.25) is 0 Å². The fourth-order valence-electron chi connectivity index (χ4n) is 4.91. The molecule has 4 aromatic rings. The van der Waals surface area contributed by atoms with E-state index in [1.807, 2.05) is 6.07 Å². The number of aliphatic hydroxyl groups is 1. The molecule has 1 aliphatic rings. The van der Waals surface area contributed by atoms with Crippen LogP contribution in [0.25, 0.3) is 0 Å². The second kappa shape index (κ2) is 10.9. The van der Waals surface area contributed by atoms with Gasteiger partial charge in [0.2, 0.25) is 0 Å². The van der Waals surface area contributed by atoms with Gasteiger partial charge in [-0.25, -0.2) is 13.2 Å². The molecule has 4 nitrogen and oxygen atoms in total. The third kappa shape index (κ3) is 5.80. The first-order valence-corrected chi connectivity index (χ1v) is 12.3. The van der Waals surface area contributed by atoms with Gasteiger partial charge in [0.25, 0.3) is 0 Å². The van der Waals surface area contributed by atoms with Crippen molar-refractivity contribution < 1.29 is 27.4 Å². The van der Waals surface area contributed by atoms with E-state index in [2.05, 4.69) is 4.90 Å². The molecule has 37 heavy (non-hydrogen) atoms. The summed E-state index contributed by atoms with van der Waals surface area (Å²) in [4.78, 5) is 2.11. The molecule has 1 aromatic heterocycles. The summed E-state index contributed by atoms with van der Waals surface area (Å²) in [5, 5.41) is 11.9. The Morgan fingerprint density at radius 3 is 2.05 bits per heavy atom. The normalized spacial score (nSPS) is 16.0. The highest BCUT2D eigenvalue weighted by Crippen LogP contribution is 2.38. The molecule has 3 aromatic carbocycles. The van der Waals surface area contributed by atoms with Crippen LogP contribution in [0.4, 0.5) is 13.2 Å². The molecule has 0 amide bonds. The highest BCUT2D eigenvalue weighted by molar-refractivity contribution is 5.44. The third-order valence-corrected chi connectivity index (χ3v) is 6.66. The summed E-state index contributed by atoms with van der Waals surface area (Å²) >= 11 is 0. The van der Waals surface area contributed by atoms with Crippen molar-refractivity contribution in [3.05, 3.63) is 131 Å².